The summed E-state index contributed by atoms with van der Waals surface area (Å²) in [5, 5.41) is 12.0. The van der Waals surface area contributed by atoms with Gasteiger partial charge in [0.1, 0.15) is 6.10 Å². The van der Waals surface area contributed by atoms with Gasteiger partial charge >= 0.3 is 0 Å². The minimum Gasteiger partial charge on any atom is -0.382 e. The van der Waals surface area contributed by atoms with Gasteiger partial charge in [-0.15, -0.1) is 11.3 Å². The maximum atomic E-state index is 10.5. The molecule has 14 heavy (non-hydrogen) atoms. The first-order valence-corrected chi connectivity index (χ1v) is 5.63. The number of hydrogen-bond acceptors (Lipinski definition) is 4. The van der Waals surface area contributed by atoms with Crippen molar-refractivity contribution in [3.8, 4) is 0 Å². The standard InChI is InChI=1S/C8H11BrN2O2S/c9-7-2-1-5(14-7)3-11-4-6(12)8(10)13/h1-2,6,11-12H,3-4H2,(H2,10,13). The van der Waals surface area contributed by atoms with E-state index in [0.29, 0.717) is 6.54 Å². The lowest BCUT2D eigenvalue weighted by atomic mass is 10.3. The number of rotatable bonds is 5. The van der Waals surface area contributed by atoms with Crippen molar-refractivity contribution in [3.05, 3.63) is 20.8 Å². The molecule has 0 fully saturated rings. The van der Waals surface area contributed by atoms with E-state index in [-0.39, 0.29) is 6.54 Å². The number of hydrogen-bond donors (Lipinski definition) is 3. The Kier molecular flexibility index (Phi) is 4.53. The van der Waals surface area contributed by atoms with Gasteiger partial charge in [0.25, 0.3) is 0 Å². The molecule has 0 aliphatic heterocycles. The van der Waals surface area contributed by atoms with Crippen molar-refractivity contribution in [2.75, 3.05) is 6.54 Å². The number of thiophene rings is 1. The summed E-state index contributed by atoms with van der Waals surface area (Å²) in [6, 6.07) is 3.92. The second kappa shape index (κ2) is 5.45. The molecule has 1 heterocycles. The van der Waals surface area contributed by atoms with E-state index in [0.717, 1.165) is 8.66 Å². The fraction of sp³-hybridized carbons (Fsp3) is 0.375. The largest absolute Gasteiger partial charge is 0.382 e. The number of halogens is 1. The average Bonchev–Trinajstić information content (AvgIpc) is 2.51. The van der Waals surface area contributed by atoms with Crippen LogP contribution in [0.1, 0.15) is 4.88 Å². The summed E-state index contributed by atoms with van der Waals surface area (Å²) < 4.78 is 1.06. The average molecular weight is 279 g/mol. The molecular formula is C8H11BrN2O2S. The first-order valence-electron chi connectivity index (χ1n) is 4.02. The minimum atomic E-state index is -1.11. The van der Waals surface area contributed by atoms with E-state index in [2.05, 4.69) is 21.2 Å². The van der Waals surface area contributed by atoms with Gasteiger partial charge in [-0.2, -0.15) is 0 Å². The fourth-order valence-corrected chi connectivity index (χ4v) is 2.33. The van der Waals surface area contributed by atoms with Crippen LogP contribution in [0.25, 0.3) is 0 Å². The van der Waals surface area contributed by atoms with Gasteiger partial charge in [0.05, 0.1) is 3.79 Å². The highest BCUT2D eigenvalue weighted by atomic mass is 79.9. The molecule has 0 saturated heterocycles. The van der Waals surface area contributed by atoms with E-state index in [1.165, 1.54) is 0 Å². The zero-order chi connectivity index (χ0) is 10.6. The fourth-order valence-electron chi connectivity index (χ4n) is 0.879. The van der Waals surface area contributed by atoms with Crippen LogP contribution < -0.4 is 11.1 Å². The van der Waals surface area contributed by atoms with Crippen molar-refractivity contribution in [2.24, 2.45) is 5.73 Å². The smallest absolute Gasteiger partial charge is 0.247 e. The molecule has 4 nitrogen and oxygen atoms in total. The normalized spacial score (nSPS) is 12.7. The Morgan fingerprint density at radius 1 is 1.71 bits per heavy atom. The third-order valence-electron chi connectivity index (χ3n) is 1.59. The molecule has 1 atom stereocenters. The van der Waals surface area contributed by atoms with E-state index in [1.807, 2.05) is 12.1 Å². The molecule has 1 unspecified atom stereocenters. The molecule has 0 aliphatic rings. The molecule has 1 aromatic heterocycles. The molecule has 0 bridgehead atoms. The molecule has 0 aliphatic carbocycles. The SMILES string of the molecule is NC(=O)C(O)CNCc1ccc(Br)s1. The lowest BCUT2D eigenvalue weighted by Gasteiger charge is -2.06. The number of nitrogens with two attached hydrogens (primary N) is 1. The molecule has 1 amide bonds. The number of primary amides is 1. The van der Waals surface area contributed by atoms with Crippen LogP contribution in [0.4, 0.5) is 0 Å². The van der Waals surface area contributed by atoms with Gasteiger partial charge < -0.3 is 16.2 Å². The maximum absolute atomic E-state index is 10.5. The molecule has 4 N–H and O–H groups in total. The Hall–Kier alpha value is -0.430. The molecular weight excluding hydrogens is 268 g/mol. The van der Waals surface area contributed by atoms with E-state index in [9.17, 15) is 4.79 Å². The number of aliphatic hydroxyl groups excluding tert-OH is 1. The number of carbonyl (C=O) groups excluding carboxylic acids is 1. The summed E-state index contributed by atoms with van der Waals surface area (Å²) >= 11 is 4.95. The van der Waals surface area contributed by atoms with Gasteiger partial charge in [-0.25, -0.2) is 0 Å². The minimum absolute atomic E-state index is 0.185. The van der Waals surface area contributed by atoms with Gasteiger partial charge in [0, 0.05) is 18.0 Å². The van der Waals surface area contributed by atoms with Crippen molar-refractivity contribution < 1.29 is 9.90 Å². The van der Waals surface area contributed by atoms with Crippen LogP contribution in [-0.4, -0.2) is 23.7 Å². The molecule has 0 saturated carbocycles. The van der Waals surface area contributed by atoms with E-state index < -0.39 is 12.0 Å². The van der Waals surface area contributed by atoms with Crippen LogP contribution >= 0.6 is 27.3 Å². The summed E-state index contributed by atoms with van der Waals surface area (Å²) in [6.07, 6.45) is -1.11. The summed E-state index contributed by atoms with van der Waals surface area (Å²) in [4.78, 5) is 11.6. The van der Waals surface area contributed by atoms with Crippen LogP contribution in [0, 0.1) is 0 Å². The topological polar surface area (TPSA) is 75.4 Å². The lowest BCUT2D eigenvalue weighted by molar-refractivity contribution is -0.125. The molecule has 78 valence electrons. The number of aliphatic hydroxyl groups is 1. The second-order valence-electron chi connectivity index (χ2n) is 2.75. The number of amides is 1. The quantitative estimate of drug-likeness (QED) is 0.732. The van der Waals surface area contributed by atoms with Crippen LogP contribution in [-0.2, 0) is 11.3 Å². The van der Waals surface area contributed by atoms with Crippen LogP contribution in [0.15, 0.2) is 15.9 Å². The summed E-state index contributed by atoms with van der Waals surface area (Å²) in [7, 11) is 0. The van der Waals surface area contributed by atoms with Crippen LogP contribution in [0.3, 0.4) is 0 Å². The summed E-state index contributed by atoms with van der Waals surface area (Å²) in [5.74, 6) is -0.704. The van der Waals surface area contributed by atoms with Crippen molar-refractivity contribution in [3.63, 3.8) is 0 Å². The third kappa shape index (κ3) is 3.75. The van der Waals surface area contributed by atoms with Crippen molar-refractivity contribution in [1.29, 1.82) is 0 Å². The monoisotopic (exact) mass is 278 g/mol. The molecule has 1 rings (SSSR count). The number of carbonyl (C=O) groups is 1. The highest BCUT2D eigenvalue weighted by Gasteiger charge is 2.09. The van der Waals surface area contributed by atoms with Gasteiger partial charge in [0.15, 0.2) is 0 Å². The van der Waals surface area contributed by atoms with Gasteiger partial charge in [-0.05, 0) is 28.1 Å². The summed E-state index contributed by atoms with van der Waals surface area (Å²) in [5.41, 5.74) is 4.89. The Morgan fingerprint density at radius 3 is 2.93 bits per heavy atom. The Bertz CT molecular complexity index is 316. The van der Waals surface area contributed by atoms with Crippen molar-refractivity contribution in [1.82, 2.24) is 5.32 Å². The molecule has 6 heteroatoms. The molecule has 0 aromatic carbocycles. The van der Waals surface area contributed by atoms with E-state index in [4.69, 9.17) is 10.8 Å². The predicted octanol–water partition coefficient (Wildman–Crippen LogP) is 0.446. The Labute approximate surface area is 94.2 Å². The first-order chi connectivity index (χ1) is 6.59. The highest BCUT2D eigenvalue weighted by Crippen LogP contribution is 2.21. The molecule has 0 spiro atoms. The Morgan fingerprint density at radius 2 is 2.43 bits per heavy atom. The first kappa shape index (κ1) is 11.6. The van der Waals surface area contributed by atoms with E-state index in [1.54, 1.807) is 11.3 Å². The zero-order valence-electron chi connectivity index (χ0n) is 7.37. The molecule has 0 radical (unpaired) electrons. The highest BCUT2D eigenvalue weighted by molar-refractivity contribution is 9.11. The Balaban J connectivity index is 2.25. The van der Waals surface area contributed by atoms with Crippen LogP contribution in [0.5, 0.6) is 0 Å². The predicted molar refractivity (Wildman–Crippen MR) is 58.9 cm³/mol. The van der Waals surface area contributed by atoms with Gasteiger partial charge in [-0.1, -0.05) is 0 Å². The number of nitrogens with one attached hydrogen (secondary N) is 1. The zero-order valence-corrected chi connectivity index (χ0v) is 9.77. The van der Waals surface area contributed by atoms with Crippen molar-refractivity contribution in [2.45, 2.75) is 12.6 Å². The maximum Gasteiger partial charge on any atom is 0.247 e. The van der Waals surface area contributed by atoms with Crippen LogP contribution in [0.2, 0.25) is 0 Å². The van der Waals surface area contributed by atoms with Crippen molar-refractivity contribution >= 4 is 33.2 Å². The van der Waals surface area contributed by atoms with Gasteiger partial charge in [-0.3, -0.25) is 4.79 Å². The summed E-state index contributed by atoms with van der Waals surface area (Å²) in [6.45, 7) is 0.811. The molecule has 1 aromatic rings. The second-order valence-corrected chi connectivity index (χ2v) is 5.30. The third-order valence-corrected chi connectivity index (χ3v) is 3.22. The van der Waals surface area contributed by atoms with E-state index >= 15 is 0 Å². The lowest BCUT2D eigenvalue weighted by Crippen LogP contribution is -2.37. The van der Waals surface area contributed by atoms with Gasteiger partial charge in [0.2, 0.25) is 5.91 Å².